The lowest BCUT2D eigenvalue weighted by Crippen LogP contribution is -2.47. The van der Waals surface area contributed by atoms with Gasteiger partial charge < -0.3 is 14.6 Å². The molecule has 6 heteroatoms. The van der Waals surface area contributed by atoms with Crippen LogP contribution in [0.2, 0.25) is 0 Å². The quantitative estimate of drug-likeness (QED) is 0.638. The summed E-state index contributed by atoms with van der Waals surface area (Å²) in [5, 5.41) is 8.87. The summed E-state index contributed by atoms with van der Waals surface area (Å²) < 4.78 is 26.1. The molecule has 0 aliphatic carbocycles. The Morgan fingerprint density at radius 2 is 1.87 bits per heavy atom. The van der Waals surface area contributed by atoms with E-state index in [4.69, 9.17) is 14.6 Å². The lowest BCUT2D eigenvalue weighted by Gasteiger charge is -2.44. The predicted molar refractivity (Wildman–Crippen MR) is 120 cm³/mol. The van der Waals surface area contributed by atoms with Gasteiger partial charge in [-0.3, -0.25) is 4.90 Å². The first-order valence-electron chi connectivity index (χ1n) is 10.3. The van der Waals surface area contributed by atoms with Gasteiger partial charge >= 0.3 is 5.97 Å². The van der Waals surface area contributed by atoms with Crippen LogP contribution in [0.1, 0.15) is 49.1 Å². The van der Waals surface area contributed by atoms with Crippen LogP contribution in [0.15, 0.2) is 42.5 Å². The molecule has 2 aromatic rings. The largest absolute Gasteiger partial charge is 0.493 e. The number of rotatable bonds is 7. The Bertz CT molecular complexity index is 963. The highest BCUT2D eigenvalue weighted by atomic mass is 19.1. The fourth-order valence-corrected chi connectivity index (χ4v) is 4.32. The smallest absolute Gasteiger partial charge is 0.328 e. The summed E-state index contributed by atoms with van der Waals surface area (Å²) in [6.45, 7) is 5.56. The number of methoxy groups -OCH3 is 2. The lowest BCUT2D eigenvalue weighted by atomic mass is 9.83. The summed E-state index contributed by atoms with van der Waals surface area (Å²) in [5.41, 5.74) is 2.53. The molecule has 3 rings (SSSR count). The van der Waals surface area contributed by atoms with E-state index in [0.29, 0.717) is 11.5 Å². The molecule has 0 amide bonds. The van der Waals surface area contributed by atoms with E-state index in [-0.39, 0.29) is 18.6 Å². The number of carbonyl (C=O) groups is 1. The first kappa shape index (κ1) is 22.8. The van der Waals surface area contributed by atoms with Crippen LogP contribution < -0.4 is 9.47 Å². The number of aliphatic carboxylic acids is 1. The van der Waals surface area contributed by atoms with Crippen molar-refractivity contribution in [2.45, 2.75) is 44.9 Å². The van der Waals surface area contributed by atoms with Gasteiger partial charge in [0.05, 0.1) is 20.3 Å². The summed E-state index contributed by atoms with van der Waals surface area (Å²) in [6.07, 6.45) is 3.44. The molecule has 0 fully saturated rings. The van der Waals surface area contributed by atoms with Gasteiger partial charge in [0.25, 0.3) is 0 Å². The molecule has 0 aromatic heterocycles. The monoisotopic (exact) mass is 427 g/mol. The van der Waals surface area contributed by atoms with Crippen LogP contribution in [0.4, 0.5) is 4.39 Å². The van der Waals surface area contributed by atoms with E-state index in [1.807, 2.05) is 30.3 Å². The van der Waals surface area contributed by atoms with Crippen molar-refractivity contribution in [3.05, 3.63) is 64.7 Å². The van der Waals surface area contributed by atoms with E-state index in [1.54, 1.807) is 34.1 Å². The molecular weight excluding hydrogens is 397 g/mol. The van der Waals surface area contributed by atoms with Crippen molar-refractivity contribution in [3.8, 4) is 11.5 Å². The lowest BCUT2D eigenvalue weighted by molar-refractivity contribution is -0.131. The zero-order valence-corrected chi connectivity index (χ0v) is 18.7. The van der Waals surface area contributed by atoms with E-state index >= 15 is 0 Å². The van der Waals surface area contributed by atoms with Crippen molar-refractivity contribution in [2.75, 3.05) is 20.8 Å². The van der Waals surface area contributed by atoms with E-state index < -0.39 is 11.6 Å². The van der Waals surface area contributed by atoms with Crippen molar-refractivity contribution in [1.82, 2.24) is 4.90 Å². The third kappa shape index (κ3) is 5.07. The van der Waals surface area contributed by atoms with Gasteiger partial charge in [0.15, 0.2) is 11.5 Å². The second-order valence-corrected chi connectivity index (χ2v) is 8.56. The Morgan fingerprint density at radius 1 is 1.19 bits per heavy atom. The van der Waals surface area contributed by atoms with Crippen LogP contribution in [0, 0.1) is 0 Å². The van der Waals surface area contributed by atoms with Gasteiger partial charge in [-0.25, -0.2) is 9.18 Å². The average Bonchev–Trinajstić information content (AvgIpc) is 2.71. The van der Waals surface area contributed by atoms with Gasteiger partial charge in [0.2, 0.25) is 0 Å². The molecular formula is C25H30FNO4. The zero-order valence-electron chi connectivity index (χ0n) is 18.7. The van der Waals surface area contributed by atoms with E-state index in [1.165, 1.54) is 0 Å². The molecule has 31 heavy (non-hydrogen) atoms. The molecule has 2 aromatic carbocycles. The van der Waals surface area contributed by atoms with Gasteiger partial charge in [-0.1, -0.05) is 30.3 Å². The number of hydrogen-bond donors (Lipinski definition) is 1. The number of carboxylic acids is 1. The molecule has 0 bridgehead atoms. The average molecular weight is 428 g/mol. The van der Waals surface area contributed by atoms with Gasteiger partial charge in [-0.15, -0.1) is 0 Å². The van der Waals surface area contributed by atoms with Crippen LogP contribution in [0.25, 0.3) is 6.08 Å². The molecule has 1 N–H and O–H groups in total. The van der Waals surface area contributed by atoms with Crippen molar-refractivity contribution >= 4 is 12.0 Å². The van der Waals surface area contributed by atoms with Gasteiger partial charge in [0, 0.05) is 24.2 Å². The number of halogens is 1. The Hall–Kier alpha value is -2.86. The minimum atomic E-state index is -1.37. The molecule has 5 nitrogen and oxygen atoms in total. The fraction of sp³-hybridized carbons (Fsp3) is 0.400. The third-order valence-corrected chi connectivity index (χ3v) is 5.59. The highest BCUT2D eigenvalue weighted by molar-refractivity contribution is 5.85. The highest BCUT2D eigenvalue weighted by Gasteiger charge is 2.39. The predicted octanol–water partition coefficient (Wildman–Crippen LogP) is 4.89. The second-order valence-electron chi connectivity index (χ2n) is 8.56. The Balaban J connectivity index is 2.16. The minimum absolute atomic E-state index is 0.122. The number of fused-ring (bicyclic) bond motifs is 1. The number of hydrogen-bond acceptors (Lipinski definition) is 4. The molecule has 2 atom stereocenters. The Labute approximate surface area is 183 Å². The van der Waals surface area contributed by atoms with E-state index in [0.717, 1.165) is 34.8 Å². The third-order valence-electron chi connectivity index (χ3n) is 5.59. The molecule has 1 heterocycles. The number of alkyl halides is 1. The minimum Gasteiger partial charge on any atom is -0.493 e. The van der Waals surface area contributed by atoms with E-state index in [2.05, 4.69) is 17.9 Å². The highest BCUT2D eigenvalue weighted by Crippen LogP contribution is 2.47. The molecule has 1 aliphatic rings. The van der Waals surface area contributed by atoms with Crippen molar-refractivity contribution in [3.63, 3.8) is 0 Å². The molecule has 1 aliphatic heterocycles. The number of carboxylic acid groups (broad SMARTS) is 1. The maximum Gasteiger partial charge on any atom is 0.328 e. The van der Waals surface area contributed by atoms with Crippen LogP contribution in [-0.2, 0) is 11.2 Å². The molecule has 0 spiro atoms. The normalized spacial score (nSPS) is 19.3. The molecule has 0 saturated carbocycles. The van der Waals surface area contributed by atoms with Crippen molar-refractivity contribution in [2.24, 2.45) is 0 Å². The number of nitrogens with zero attached hydrogens (tertiary/aromatic N) is 1. The first-order valence-corrected chi connectivity index (χ1v) is 10.3. The van der Waals surface area contributed by atoms with Crippen molar-refractivity contribution < 1.29 is 23.8 Å². The topological polar surface area (TPSA) is 59.0 Å². The number of ether oxygens (including phenoxy) is 2. The molecule has 0 saturated heterocycles. The maximum atomic E-state index is 14.8. The van der Waals surface area contributed by atoms with Crippen molar-refractivity contribution in [1.29, 1.82) is 0 Å². The van der Waals surface area contributed by atoms with Crippen LogP contribution >= 0.6 is 0 Å². The Kier molecular flexibility index (Phi) is 6.70. The summed E-state index contributed by atoms with van der Waals surface area (Å²) in [4.78, 5) is 13.0. The standard InChI is InChI=1S/C25H30FNO4/c1-16-14-19-11-12-20(30-4)24(31-5)22(19)23(27(16)15-25(2,3)26)18-9-6-17(7-10-18)8-13-21(28)29/h6-13,16,23H,14-15H2,1-5H3,(H,28,29)/b13-8+/t16-,23-/m1/s1. The summed E-state index contributed by atoms with van der Waals surface area (Å²) >= 11 is 0. The number of benzene rings is 2. The van der Waals surface area contributed by atoms with Crippen LogP contribution in [-0.4, -0.2) is 48.5 Å². The van der Waals surface area contributed by atoms with Crippen LogP contribution in [0.3, 0.4) is 0 Å². The summed E-state index contributed by atoms with van der Waals surface area (Å²) in [6, 6.07) is 11.5. The zero-order chi connectivity index (χ0) is 22.8. The molecule has 0 unspecified atom stereocenters. The maximum absolute atomic E-state index is 14.8. The fourth-order valence-electron chi connectivity index (χ4n) is 4.32. The second kappa shape index (κ2) is 9.10. The van der Waals surface area contributed by atoms with Gasteiger partial charge in [0.1, 0.15) is 5.67 Å². The summed E-state index contributed by atoms with van der Waals surface area (Å²) in [7, 11) is 3.23. The van der Waals surface area contributed by atoms with Gasteiger partial charge in [-0.05, 0) is 56.0 Å². The first-order chi connectivity index (χ1) is 14.6. The Morgan fingerprint density at radius 3 is 2.42 bits per heavy atom. The SMILES string of the molecule is COc1ccc2c(c1OC)[C@@H](c1ccc(/C=C/C(=O)O)cc1)N(CC(C)(C)F)[C@H](C)C2. The van der Waals surface area contributed by atoms with Crippen LogP contribution in [0.5, 0.6) is 11.5 Å². The molecule has 0 radical (unpaired) electrons. The summed E-state index contributed by atoms with van der Waals surface area (Å²) in [5.74, 6) is 0.307. The van der Waals surface area contributed by atoms with Gasteiger partial charge in [-0.2, -0.15) is 0 Å². The van der Waals surface area contributed by atoms with E-state index in [9.17, 15) is 9.18 Å². The molecule has 166 valence electrons.